The van der Waals surface area contributed by atoms with Crippen LogP contribution < -0.4 is 0 Å². The van der Waals surface area contributed by atoms with Crippen molar-refractivity contribution in [3.63, 3.8) is 0 Å². The highest BCUT2D eigenvalue weighted by atomic mass is 79.9. The van der Waals surface area contributed by atoms with Gasteiger partial charge in [0.15, 0.2) is 9.84 Å². The largest absolute Gasteiger partial charge is 0.387 e. The van der Waals surface area contributed by atoms with Crippen molar-refractivity contribution in [1.82, 2.24) is 0 Å². The molecule has 16 heavy (non-hydrogen) atoms. The molecule has 1 aromatic rings. The summed E-state index contributed by atoms with van der Waals surface area (Å²) < 4.78 is 23.4. The molecule has 0 saturated carbocycles. The van der Waals surface area contributed by atoms with Gasteiger partial charge in [0, 0.05) is 10.8 Å². The standard InChI is InChI=1S/C9H10BrClO3S2/c10-9-6(11)3-7(15-9)8(12)5-1-2-16(13,14)4-5/h3,5,8,12H,1-2,4H2. The van der Waals surface area contributed by atoms with Crippen molar-refractivity contribution in [2.45, 2.75) is 12.5 Å². The maximum atomic E-state index is 11.3. The topological polar surface area (TPSA) is 54.4 Å². The van der Waals surface area contributed by atoms with Crippen LogP contribution in [0.5, 0.6) is 0 Å². The van der Waals surface area contributed by atoms with Gasteiger partial charge in [-0.3, -0.25) is 0 Å². The maximum Gasteiger partial charge on any atom is 0.150 e. The number of rotatable bonds is 2. The molecule has 0 bridgehead atoms. The molecule has 1 aromatic heterocycles. The van der Waals surface area contributed by atoms with E-state index in [1.54, 1.807) is 6.07 Å². The lowest BCUT2D eigenvalue weighted by Crippen LogP contribution is -2.13. The minimum Gasteiger partial charge on any atom is -0.387 e. The van der Waals surface area contributed by atoms with Crippen LogP contribution >= 0.6 is 38.9 Å². The fraction of sp³-hybridized carbons (Fsp3) is 0.556. The molecule has 2 rings (SSSR count). The van der Waals surface area contributed by atoms with E-state index in [-0.39, 0.29) is 17.4 Å². The molecule has 1 aliphatic rings. The summed E-state index contributed by atoms with van der Waals surface area (Å²) in [5.41, 5.74) is 0. The molecule has 0 aliphatic carbocycles. The number of aliphatic hydroxyl groups is 1. The zero-order chi connectivity index (χ0) is 11.9. The van der Waals surface area contributed by atoms with E-state index in [9.17, 15) is 13.5 Å². The molecule has 2 atom stereocenters. The Labute approximate surface area is 111 Å². The number of hydrogen-bond acceptors (Lipinski definition) is 4. The second kappa shape index (κ2) is 4.57. The predicted octanol–water partition coefficient (Wildman–Crippen LogP) is 2.63. The van der Waals surface area contributed by atoms with Crippen LogP contribution in [0.4, 0.5) is 0 Å². The number of thiophene rings is 1. The molecular formula is C9H10BrClO3S2. The van der Waals surface area contributed by atoms with Gasteiger partial charge in [-0.25, -0.2) is 8.42 Å². The SMILES string of the molecule is O=S1(=O)CCC(C(O)c2cc(Cl)c(Br)s2)C1. The highest BCUT2D eigenvalue weighted by Gasteiger charge is 2.34. The molecule has 0 spiro atoms. The Kier molecular flexibility index (Phi) is 3.66. The van der Waals surface area contributed by atoms with Crippen LogP contribution in [0.3, 0.4) is 0 Å². The van der Waals surface area contributed by atoms with Gasteiger partial charge in [0.2, 0.25) is 0 Å². The highest BCUT2D eigenvalue weighted by Crippen LogP contribution is 2.39. The van der Waals surface area contributed by atoms with E-state index in [4.69, 9.17) is 11.6 Å². The van der Waals surface area contributed by atoms with E-state index in [2.05, 4.69) is 15.9 Å². The smallest absolute Gasteiger partial charge is 0.150 e. The van der Waals surface area contributed by atoms with Gasteiger partial charge in [-0.2, -0.15) is 0 Å². The van der Waals surface area contributed by atoms with Crippen molar-refractivity contribution >= 4 is 48.7 Å². The Bertz CT molecular complexity index is 477. The van der Waals surface area contributed by atoms with Crippen LogP contribution in [-0.4, -0.2) is 25.0 Å². The number of aliphatic hydroxyl groups excluding tert-OH is 1. The first-order valence-electron chi connectivity index (χ1n) is 4.72. The molecule has 1 N–H and O–H groups in total. The van der Waals surface area contributed by atoms with Gasteiger partial charge in [-0.05, 0) is 28.4 Å². The maximum absolute atomic E-state index is 11.3. The van der Waals surface area contributed by atoms with Gasteiger partial charge in [-0.15, -0.1) is 11.3 Å². The molecule has 1 aliphatic heterocycles. The third kappa shape index (κ3) is 2.61. The van der Waals surface area contributed by atoms with E-state index in [0.29, 0.717) is 11.4 Å². The zero-order valence-electron chi connectivity index (χ0n) is 8.19. The number of hydrogen-bond donors (Lipinski definition) is 1. The summed E-state index contributed by atoms with van der Waals surface area (Å²) in [6.45, 7) is 0. The van der Waals surface area contributed by atoms with Crippen LogP contribution in [0.25, 0.3) is 0 Å². The Morgan fingerprint density at radius 1 is 1.62 bits per heavy atom. The molecule has 2 unspecified atom stereocenters. The van der Waals surface area contributed by atoms with Crippen molar-refractivity contribution in [3.05, 3.63) is 19.8 Å². The van der Waals surface area contributed by atoms with E-state index in [1.165, 1.54) is 11.3 Å². The Morgan fingerprint density at radius 3 is 2.75 bits per heavy atom. The van der Waals surface area contributed by atoms with Gasteiger partial charge in [0.25, 0.3) is 0 Å². The average molecular weight is 346 g/mol. The summed E-state index contributed by atoms with van der Waals surface area (Å²) in [7, 11) is -2.95. The first-order valence-corrected chi connectivity index (χ1v) is 8.53. The van der Waals surface area contributed by atoms with E-state index < -0.39 is 15.9 Å². The fourth-order valence-electron chi connectivity index (χ4n) is 1.81. The van der Waals surface area contributed by atoms with Gasteiger partial charge in [0.05, 0.1) is 26.4 Å². The minimum absolute atomic E-state index is 0.0707. The molecule has 1 fully saturated rings. The number of halogens is 2. The second-order valence-electron chi connectivity index (χ2n) is 3.88. The van der Waals surface area contributed by atoms with Crippen molar-refractivity contribution in [1.29, 1.82) is 0 Å². The lowest BCUT2D eigenvalue weighted by Gasteiger charge is -2.14. The molecular weight excluding hydrogens is 336 g/mol. The molecule has 0 amide bonds. The van der Waals surface area contributed by atoms with Crippen LogP contribution in [-0.2, 0) is 9.84 Å². The molecule has 90 valence electrons. The van der Waals surface area contributed by atoms with Gasteiger partial charge in [-0.1, -0.05) is 11.6 Å². The molecule has 2 heterocycles. The second-order valence-corrected chi connectivity index (χ2v) is 8.92. The molecule has 3 nitrogen and oxygen atoms in total. The molecule has 7 heteroatoms. The van der Waals surface area contributed by atoms with Crippen LogP contribution in [0.15, 0.2) is 9.85 Å². The highest BCUT2D eigenvalue weighted by molar-refractivity contribution is 9.11. The molecule has 1 saturated heterocycles. The average Bonchev–Trinajstić information content (AvgIpc) is 2.70. The quantitative estimate of drug-likeness (QED) is 0.896. The Hall–Kier alpha value is 0.380. The number of sulfone groups is 1. The lowest BCUT2D eigenvalue weighted by molar-refractivity contribution is 0.124. The third-order valence-electron chi connectivity index (χ3n) is 2.67. The lowest BCUT2D eigenvalue weighted by atomic mass is 10.0. The minimum atomic E-state index is -2.95. The molecule has 0 radical (unpaired) electrons. The van der Waals surface area contributed by atoms with Crippen LogP contribution in [0.1, 0.15) is 17.4 Å². The summed E-state index contributed by atoms with van der Waals surface area (Å²) in [5.74, 6) is 0.0441. The van der Waals surface area contributed by atoms with E-state index >= 15 is 0 Å². The summed E-state index contributed by atoms with van der Waals surface area (Å²) >= 11 is 10.5. The van der Waals surface area contributed by atoms with Gasteiger partial charge < -0.3 is 5.11 Å². The summed E-state index contributed by atoms with van der Waals surface area (Å²) in [6, 6.07) is 1.69. The Morgan fingerprint density at radius 2 is 2.31 bits per heavy atom. The van der Waals surface area contributed by atoms with Gasteiger partial charge >= 0.3 is 0 Å². The Balaban J connectivity index is 2.17. The first kappa shape index (κ1) is 12.8. The van der Waals surface area contributed by atoms with Crippen molar-refractivity contribution in [2.75, 3.05) is 11.5 Å². The molecule has 0 aromatic carbocycles. The zero-order valence-corrected chi connectivity index (χ0v) is 12.2. The normalized spacial score (nSPS) is 25.8. The van der Waals surface area contributed by atoms with Crippen molar-refractivity contribution in [2.24, 2.45) is 5.92 Å². The third-order valence-corrected chi connectivity index (χ3v) is 7.01. The monoisotopic (exact) mass is 344 g/mol. The summed E-state index contributed by atoms with van der Waals surface area (Å²) in [6.07, 6.45) is -0.206. The summed E-state index contributed by atoms with van der Waals surface area (Å²) in [5, 5.41) is 10.6. The van der Waals surface area contributed by atoms with E-state index in [1.807, 2.05) is 0 Å². The first-order chi connectivity index (χ1) is 7.39. The van der Waals surface area contributed by atoms with Crippen LogP contribution in [0.2, 0.25) is 5.02 Å². The fourth-order valence-corrected chi connectivity index (χ4v) is 5.47. The summed E-state index contributed by atoms with van der Waals surface area (Å²) in [4.78, 5) is 0.721. The van der Waals surface area contributed by atoms with Crippen LogP contribution in [0, 0.1) is 5.92 Å². The van der Waals surface area contributed by atoms with E-state index in [0.717, 1.165) is 8.66 Å². The van der Waals surface area contributed by atoms with Crippen molar-refractivity contribution < 1.29 is 13.5 Å². The van der Waals surface area contributed by atoms with Crippen molar-refractivity contribution in [3.8, 4) is 0 Å². The predicted molar refractivity (Wildman–Crippen MR) is 68.7 cm³/mol. The van der Waals surface area contributed by atoms with Gasteiger partial charge in [0.1, 0.15) is 0 Å².